The number of rotatable bonds is 3. The highest BCUT2D eigenvalue weighted by atomic mass is 16.5. The second-order valence-electron chi connectivity index (χ2n) is 3.95. The summed E-state index contributed by atoms with van der Waals surface area (Å²) in [6.45, 7) is 1.85. The number of furan rings is 1. The molecule has 0 aliphatic heterocycles. The van der Waals surface area contributed by atoms with Crippen LogP contribution in [0.3, 0.4) is 0 Å². The Morgan fingerprint density at radius 1 is 1.47 bits per heavy atom. The van der Waals surface area contributed by atoms with Gasteiger partial charge in [0.15, 0.2) is 0 Å². The number of nitrogens with two attached hydrogens (primary N) is 1. The minimum Gasteiger partial charge on any atom is -0.469 e. The third-order valence-electron chi connectivity index (χ3n) is 2.80. The SMILES string of the molecule is COC(=O)C[C@@H](N)c1c(C)oc2ccccc12. The van der Waals surface area contributed by atoms with Gasteiger partial charge in [0.2, 0.25) is 0 Å². The number of methoxy groups -OCH3 is 1. The van der Waals surface area contributed by atoms with E-state index in [4.69, 9.17) is 10.2 Å². The van der Waals surface area contributed by atoms with Gasteiger partial charge in [-0.1, -0.05) is 18.2 Å². The molecule has 0 saturated heterocycles. The van der Waals surface area contributed by atoms with Gasteiger partial charge in [0.1, 0.15) is 11.3 Å². The summed E-state index contributed by atoms with van der Waals surface area (Å²) >= 11 is 0. The number of esters is 1. The highest BCUT2D eigenvalue weighted by molar-refractivity contribution is 5.83. The molecule has 2 rings (SSSR count). The summed E-state index contributed by atoms with van der Waals surface area (Å²) in [5.41, 5.74) is 7.69. The molecule has 0 saturated carbocycles. The molecule has 0 fully saturated rings. The second kappa shape index (κ2) is 4.59. The lowest BCUT2D eigenvalue weighted by molar-refractivity contribution is -0.141. The van der Waals surface area contributed by atoms with Crippen LogP contribution < -0.4 is 5.73 Å². The maximum atomic E-state index is 11.2. The van der Waals surface area contributed by atoms with Gasteiger partial charge in [0.05, 0.1) is 13.5 Å². The molecule has 1 aromatic heterocycles. The average Bonchev–Trinajstić information content (AvgIpc) is 2.64. The average molecular weight is 233 g/mol. The summed E-state index contributed by atoms with van der Waals surface area (Å²) in [5.74, 6) is 0.435. The molecule has 0 spiro atoms. The molecule has 90 valence electrons. The predicted octanol–water partition coefficient (Wildman–Crippen LogP) is 2.30. The Balaban J connectivity index is 2.40. The van der Waals surface area contributed by atoms with Crippen molar-refractivity contribution in [2.45, 2.75) is 19.4 Å². The van der Waals surface area contributed by atoms with E-state index in [1.807, 2.05) is 31.2 Å². The molecule has 0 aliphatic rings. The van der Waals surface area contributed by atoms with Crippen molar-refractivity contribution in [3.63, 3.8) is 0 Å². The molecule has 0 amide bonds. The number of aryl methyl sites for hydroxylation is 1. The van der Waals surface area contributed by atoms with Crippen molar-refractivity contribution in [1.29, 1.82) is 0 Å². The summed E-state index contributed by atoms with van der Waals surface area (Å²) < 4.78 is 10.2. The van der Waals surface area contributed by atoms with Crippen LogP contribution in [0.4, 0.5) is 0 Å². The topological polar surface area (TPSA) is 65.5 Å². The number of para-hydroxylation sites is 1. The van der Waals surface area contributed by atoms with Crippen molar-refractivity contribution >= 4 is 16.9 Å². The minimum absolute atomic E-state index is 0.154. The first-order valence-electron chi connectivity index (χ1n) is 5.44. The fourth-order valence-electron chi connectivity index (χ4n) is 2.01. The highest BCUT2D eigenvalue weighted by Gasteiger charge is 2.19. The van der Waals surface area contributed by atoms with Crippen LogP contribution >= 0.6 is 0 Å². The Hall–Kier alpha value is -1.81. The fourth-order valence-corrected chi connectivity index (χ4v) is 2.01. The molecule has 0 radical (unpaired) electrons. The number of ether oxygens (including phenoxy) is 1. The third-order valence-corrected chi connectivity index (χ3v) is 2.80. The second-order valence-corrected chi connectivity index (χ2v) is 3.95. The molecule has 17 heavy (non-hydrogen) atoms. The van der Waals surface area contributed by atoms with Crippen molar-refractivity contribution in [3.8, 4) is 0 Å². The van der Waals surface area contributed by atoms with E-state index in [9.17, 15) is 4.79 Å². The number of carbonyl (C=O) groups excluding carboxylic acids is 1. The van der Waals surface area contributed by atoms with Crippen molar-refractivity contribution in [2.75, 3.05) is 7.11 Å². The van der Waals surface area contributed by atoms with Gasteiger partial charge in [-0.2, -0.15) is 0 Å². The van der Waals surface area contributed by atoms with E-state index in [1.165, 1.54) is 7.11 Å². The number of hydrogen-bond donors (Lipinski definition) is 1. The summed E-state index contributed by atoms with van der Waals surface area (Å²) in [6, 6.07) is 7.26. The van der Waals surface area contributed by atoms with Gasteiger partial charge in [-0.05, 0) is 13.0 Å². The Morgan fingerprint density at radius 2 is 2.18 bits per heavy atom. The lowest BCUT2D eigenvalue weighted by Gasteiger charge is -2.09. The predicted molar refractivity (Wildman–Crippen MR) is 64.5 cm³/mol. The first-order valence-corrected chi connectivity index (χ1v) is 5.44. The maximum Gasteiger partial charge on any atom is 0.307 e. The van der Waals surface area contributed by atoms with Gasteiger partial charge in [0.25, 0.3) is 0 Å². The molecule has 4 heteroatoms. The minimum atomic E-state index is -0.397. The zero-order chi connectivity index (χ0) is 12.4. The molecule has 0 aliphatic carbocycles. The highest BCUT2D eigenvalue weighted by Crippen LogP contribution is 2.30. The van der Waals surface area contributed by atoms with E-state index in [1.54, 1.807) is 0 Å². The van der Waals surface area contributed by atoms with E-state index in [0.717, 1.165) is 22.3 Å². The van der Waals surface area contributed by atoms with Crippen LogP contribution in [-0.4, -0.2) is 13.1 Å². The fraction of sp³-hybridized carbons (Fsp3) is 0.308. The Labute approximate surface area is 99.3 Å². The Bertz CT molecular complexity index is 545. The van der Waals surface area contributed by atoms with Gasteiger partial charge >= 0.3 is 5.97 Å². The van der Waals surface area contributed by atoms with Crippen LogP contribution in [0.2, 0.25) is 0 Å². The monoisotopic (exact) mass is 233 g/mol. The van der Waals surface area contributed by atoms with E-state index in [-0.39, 0.29) is 12.4 Å². The number of hydrogen-bond acceptors (Lipinski definition) is 4. The Kier molecular flexibility index (Phi) is 3.15. The van der Waals surface area contributed by atoms with Crippen molar-refractivity contribution in [2.24, 2.45) is 5.73 Å². The van der Waals surface area contributed by atoms with Crippen LogP contribution in [0.25, 0.3) is 11.0 Å². The number of fused-ring (bicyclic) bond motifs is 1. The van der Waals surface area contributed by atoms with Gasteiger partial charge in [-0.15, -0.1) is 0 Å². The quantitative estimate of drug-likeness (QED) is 0.826. The van der Waals surface area contributed by atoms with Crippen LogP contribution in [0.15, 0.2) is 28.7 Å². The molecule has 1 atom stereocenters. The van der Waals surface area contributed by atoms with E-state index < -0.39 is 6.04 Å². The molecular weight excluding hydrogens is 218 g/mol. The zero-order valence-corrected chi connectivity index (χ0v) is 9.90. The molecule has 0 unspecified atom stereocenters. The smallest absolute Gasteiger partial charge is 0.307 e. The molecular formula is C13H15NO3. The third kappa shape index (κ3) is 2.17. The molecule has 2 N–H and O–H groups in total. The lowest BCUT2D eigenvalue weighted by atomic mass is 10.0. The van der Waals surface area contributed by atoms with Gasteiger partial charge in [-0.3, -0.25) is 4.79 Å². The number of benzene rings is 1. The number of carbonyl (C=O) groups is 1. The van der Waals surface area contributed by atoms with Crippen LogP contribution in [0, 0.1) is 6.92 Å². The van der Waals surface area contributed by atoms with Gasteiger partial charge < -0.3 is 14.9 Å². The molecule has 4 nitrogen and oxygen atoms in total. The van der Waals surface area contributed by atoms with Crippen molar-refractivity contribution in [3.05, 3.63) is 35.6 Å². The first kappa shape index (κ1) is 11.7. The maximum absolute atomic E-state index is 11.2. The zero-order valence-electron chi connectivity index (χ0n) is 9.90. The lowest BCUT2D eigenvalue weighted by Crippen LogP contribution is -2.16. The summed E-state index contributed by atoms with van der Waals surface area (Å²) in [5, 5.41) is 0.960. The largest absolute Gasteiger partial charge is 0.469 e. The normalized spacial score (nSPS) is 12.6. The van der Waals surface area contributed by atoms with Gasteiger partial charge in [-0.25, -0.2) is 0 Å². The van der Waals surface area contributed by atoms with Crippen LogP contribution in [-0.2, 0) is 9.53 Å². The van der Waals surface area contributed by atoms with Crippen LogP contribution in [0.1, 0.15) is 23.8 Å². The molecule has 2 aromatic rings. The molecule has 1 heterocycles. The van der Waals surface area contributed by atoms with E-state index in [2.05, 4.69) is 4.74 Å². The van der Waals surface area contributed by atoms with E-state index >= 15 is 0 Å². The molecule has 1 aromatic carbocycles. The van der Waals surface area contributed by atoms with Crippen molar-refractivity contribution < 1.29 is 13.9 Å². The summed E-state index contributed by atoms with van der Waals surface area (Å²) in [7, 11) is 1.36. The van der Waals surface area contributed by atoms with Crippen molar-refractivity contribution in [1.82, 2.24) is 0 Å². The summed E-state index contributed by atoms with van der Waals surface area (Å²) in [4.78, 5) is 11.2. The first-order chi connectivity index (χ1) is 8.13. The summed E-state index contributed by atoms with van der Waals surface area (Å²) in [6.07, 6.45) is 0.154. The van der Waals surface area contributed by atoms with Crippen LogP contribution in [0.5, 0.6) is 0 Å². The van der Waals surface area contributed by atoms with E-state index in [0.29, 0.717) is 0 Å². The van der Waals surface area contributed by atoms with Gasteiger partial charge in [0, 0.05) is 17.0 Å². The Morgan fingerprint density at radius 3 is 2.88 bits per heavy atom. The standard InChI is InChI=1S/C13H15NO3/c1-8-13(10(14)7-12(15)16-2)9-5-3-4-6-11(9)17-8/h3-6,10H,7,14H2,1-2H3/t10-/m1/s1. The molecule has 0 bridgehead atoms.